The number of hydrogen-bond acceptors (Lipinski definition) is 3. The lowest BCUT2D eigenvalue weighted by atomic mass is 9.92. The number of alkyl halides is 3. The molecule has 0 aromatic carbocycles. The smallest absolute Gasteiger partial charge is 0.364 e. The number of halogens is 3. The summed E-state index contributed by atoms with van der Waals surface area (Å²) in [5.74, 6) is 0.0941. The maximum atomic E-state index is 11.9. The molecule has 0 fully saturated rings. The normalized spacial score (nSPS) is 12.8. The highest BCUT2D eigenvalue weighted by molar-refractivity contribution is 5.12. The van der Waals surface area contributed by atoms with Crippen molar-refractivity contribution in [1.29, 1.82) is 0 Å². The van der Waals surface area contributed by atoms with Gasteiger partial charge in [-0.15, -0.1) is 0 Å². The summed E-state index contributed by atoms with van der Waals surface area (Å²) in [5, 5.41) is 0. The minimum atomic E-state index is -4.39. The molecule has 0 amide bonds. The van der Waals surface area contributed by atoms with Crippen LogP contribution in [0, 0.1) is 0 Å². The van der Waals surface area contributed by atoms with Crippen molar-refractivity contribution in [1.82, 2.24) is 9.97 Å². The van der Waals surface area contributed by atoms with Gasteiger partial charge in [-0.3, -0.25) is 4.79 Å². The largest absolute Gasteiger partial charge is 0.411 e. The van der Waals surface area contributed by atoms with Crippen LogP contribution in [0.5, 0.6) is 0 Å². The van der Waals surface area contributed by atoms with Gasteiger partial charge in [-0.25, -0.2) is 4.98 Å². The maximum Gasteiger partial charge on any atom is 0.411 e. The van der Waals surface area contributed by atoms with Crippen molar-refractivity contribution in [2.75, 3.05) is 6.61 Å². The lowest BCUT2D eigenvalue weighted by Gasteiger charge is -2.17. The molecule has 1 aromatic rings. The maximum absolute atomic E-state index is 11.9. The van der Waals surface area contributed by atoms with Gasteiger partial charge in [0.05, 0.1) is 5.69 Å². The van der Waals surface area contributed by atoms with E-state index in [0.717, 1.165) is 0 Å². The van der Waals surface area contributed by atoms with Crippen molar-refractivity contribution < 1.29 is 17.9 Å². The second-order valence-electron chi connectivity index (χ2n) is 4.94. The van der Waals surface area contributed by atoms with Crippen LogP contribution in [0.1, 0.15) is 32.3 Å². The molecule has 1 rings (SSSR count). The molecule has 102 valence electrons. The highest BCUT2D eigenvalue weighted by Crippen LogP contribution is 2.19. The van der Waals surface area contributed by atoms with Crippen LogP contribution in [0.3, 0.4) is 0 Å². The van der Waals surface area contributed by atoms with E-state index in [-0.39, 0.29) is 17.8 Å². The van der Waals surface area contributed by atoms with E-state index in [1.165, 1.54) is 6.07 Å². The van der Waals surface area contributed by atoms with Crippen LogP contribution in [-0.2, 0) is 16.8 Å². The highest BCUT2D eigenvalue weighted by atomic mass is 19.4. The summed E-state index contributed by atoms with van der Waals surface area (Å²) >= 11 is 0. The highest BCUT2D eigenvalue weighted by Gasteiger charge is 2.27. The summed E-state index contributed by atoms with van der Waals surface area (Å²) in [6, 6.07) is 1.33. The molecule has 0 saturated carbocycles. The van der Waals surface area contributed by atoms with E-state index >= 15 is 0 Å². The summed E-state index contributed by atoms with van der Waals surface area (Å²) in [6.45, 7) is 3.83. The number of aromatic nitrogens is 2. The summed E-state index contributed by atoms with van der Waals surface area (Å²) < 4.78 is 40.1. The zero-order valence-electron chi connectivity index (χ0n) is 10.4. The Morgan fingerprint density at radius 2 is 1.94 bits per heavy atom. The summed E-state index contributed by atoms with van der Waals surface area (Å²) in [6.07, 6.45) is -4.39. The number of ether oxygens (including phenoxy) is 1. The minimum absolute atomic E-state index is 0.0941. The predicted octanol–water partition coefficient (Wildman–Crippen LogP) is 2.15. The first-order chi connectivity index (χ1) is 8.08. The third-order valence-electron chi connectivity index (χ3n) is 2.06. The van der Waals surface area contributed by atoms with Crippen molar-refractivity contribution >= 4 is 0 Å². The van der Waals surface area contributed by atoms with Crippen LogP contribution in [0.4, 0.5) is 13.2 Å². The Kier molecular flexibility index (Phi) is 4.16. The molecule has 0 aliphatic carbocycles. The molecule has 7 heteroatoms. The first kappa shape index (κ1) is 14.7. The van der Waals surface area contributed by atoms with E-state index in [9.17, 15) is 18.0 Å². The quantitative estimate of drug-likeness (QED) is 0.910. The molecule has 0 aliphatic rings. The number of aromatic amines is 1. The van der Waals surface area contributed by atoms with E-state index < -0.39 is 18.3 Å². The molecule has 0 bridgehead atoms. The van der Waals surface area contributed by atoms with E-state index in [2.05, 4.69) is 14.7 Å². The molecular formula is C11H15F3N2O2. The predicted molar refractivity (Wildman–Crippen MR) is 59.3 cm³/mol. The van der Waals surface area contributed by atoms with Crippen molar-refractivity contribution in [2.45, 2.75) is 39.0 Å². The summed E-state index contributed by atoms with van der Waals surface area (Å²) in [7, 11) is 0. The van der Waals surface area contributed by atoms with E-state index in [0.29, 0.717) is 5.69 Å². The third-order valence-corrected chi connectivity index (χ3v) is 2.06. The van der Waals surface area contributed by atoms with Crippen molar-refractivity contribution in [3.05, 3.63) is 27.9 Å². The summed E-state index contributed by atoms with van der Waals surface area (Å²) in [5.41, 5.74) is -0.245. The van der Waals surface area contributed by atoms with E-state index in [1.807, 2.05) is 20.8 Å². The molecular weight excluding hydrogens is 249 g/mol. The van der Waals surface area contributed by atoms with Gasteiger partial charge in [-0.1, -0.05) is 20.8 Å². The van der Waals surface area contributed by atoms with Gasteiger partial charge in [-0.05, 0) is 0 Å². The molecule has 0 spiro atoms. The van der Waals surface area contributed by atoms with Crippen LogP contribution in [-0.4, -0.2) is 22.8 Å². The van der Waals surface area contributed by atoms with Gasteiger partial charge in [0.2, 0.25) is 0 Å². The molecule has 18 heavy (non-hydrogen) atoms. The number of H-pyrrole nitrogens is 1. The third kappa shape index (κ3) is 4.87. The molecule has 1 aromatic heterocycles. The average Bonchev–Trinajstić information content (AvgIpc) is 2.13. The van der Waals surface area contributed by atoms with Crippen LogP contribution in [0.15, 0.2) is 10.9 Å². The first-order valence-corrected chi connectivity index (χ1v) is 5.33. The van der Waals surface area contributed by atoms with Gasteiger partial charge in [0, 0.05) is 11.5 Å². The average molecular weight is 264 g/mol. The number of nitrogens with one attached hydrogen (secondary N) is 1. The second-order valence-corrected chi connectivity index (χ2v) is 4.94. The van der Waals surface area contributed by atoms with Gasteiger partial charge in [-0.2, -0.15) is 13.2 Å². The standard InChI is InChI=1S/C11H15F3N2O2/c1-10(2,3)7-4-9(17)16-8(15-7)5-18-6-11(12,13)14/h4H,5-6H2,1-3H3,(H,15,16,17). The molecule has 4 nitrogen and oxygen atoms in total. The van der Waals surface area contributed by atoms with Gasteiger partial charge in [0.15, 0.2) is 0 Å². The number of rotatable bonds is 3. The van der Waals surface area contributed by atoms with Crippen molar-refractivity contribution in [3.8, 4) is 0 Å². The molecule has 0 aliphatic heterocycles. The van der Waals surface area contributed by atoms with E-state index in [1.54, 1.807) is 0 Å². The van der Waals surface area contributed by atoms with Crippen LogP contribution < -0.4 is 5.56 Å². The van der Waals surface area contributed by atoms with Crippen molar-refractivity contribution in [2.24, 2.45) is 0 Å². The monoisotopic (exact) mass is 264 g/mol. The Balaban J connectivity index is 2.79. The first-order valence-electron chi connectivity index (χ1n) is 5.33. The second kappa shape index (κ2) is 5.09. The van der Waals surface area contributed by atoms with Crippen LogP contribution >= 0.6 is 0 Å². The lowest BCUT2D eigenvalue weighted by molar-refractivity contribution is -0.177. The van der Waals surface area contributed by atoms with Crippen molar-refractivity contribution in [3.63, 3.8) is 0 Å². The SMILES string of the molecule is CC(C)(C)c1cc(=O)[nH]c(COCC(F)(F)F)n1. The zero-order valence-corrected chi connectivity index (χ0v) is 10.4. The Bertz CT molecular complexity index is 461. The fourth-order valence-electron chi connectivity index (χ4n) is 1.22. The Morgan fingerprint density at radius 1 is 1.33 bits per heavy atom. The Morgan fingerprint density at radius 3 is 2.44 bits per heavy atom. The molecule has 0 saturated heterocycles. The zero-order chi connectivity index (χ0) is 14.0. The van der Waals surface area contributed by atoms with Crippen LogP contribution in [0.2, 0.25) is 0 Å². The molecule has 0 atom stereocenters. The van der Waals surface area contributed by atoms with E-state index in [4.69, 9.17) is 0 Å². The summed E-state index contributed by atoms with van der Waals surface area (Å²) in [4.78, 5) is 17.8. The molecule has 0 radical (unpaired) electrons. The molecule has 1 heterocycles. The lowest BCUT2D eigenvalue weighted by Crippen LogP contribution is -2.23. The molecule has 0 unspecified atom stereocenters. The number of nitrogens with zero attached hydrogens (tertiary/aromatic N) is 1. The van der Waals surface area contributed by atoms with Gasteiger partial charge in [0.1, 0.15) is 19.0 Å². The van der Waals surface area contributed by atoms with Gasteiger partial charge >= 0.3 is 6.18 Å². The Labute approximate surface area is 102 Å². The topological polar surface area (TPSA) is 55.0 Å². The molecule has 1 N–H and O–H groups in total. The number of hydrogen-bond donors (Lipinski definition) is 1. The van der Waals surface area contributed by atoms with Gasteiger partial charge in [0.25, 0.3) is 5.56 Å². The fraction of sp³-hybridized carbons (Fsp3) is 0.636. The van der Waals surface area contributed by atoms with Gasteiger partial charge < -0.3 is 9.72 Å². The Hall–Kier alpha value is -1.37. The minimum Gasteiger partial charge on any atom is -0.364 e. The van der Waals surface area contributed by atoms with Crippen LogP contribution in [0.25, 0.3) is 0 Å². The fourth-order valence-corrected chi connectivity index (χ4v) is 1.22.